The highest BCUT2D eigenvalue weighted by Gasteiger charge is 2.66. The number of ether oxygens (including phenoxy) is 2. The van der Waals surface area contributed by atoms with Crippen molar-refractivity contribution >= 4 is 18.5 Å². The predicted molar refractivity (Wildman–Crippen MR) is 78.2 cm³/mol. The summed E-state index contributed by atoms with van der Waals surface area (Å²) in [5.41, 5.74) is -0.0108. The Morgan fingerprint density at radius 3 is 2.20 bits per heavy atom. The first kappa shape index (κ1) is 17.5. The van der Waals surface area contributed by atoms with Crippen LogP contribution in [-0.2, 0) is 4.57 Å². The molecule has 0 bridgehead atoms. The maximum absolute atomic E-state index is 13.4. The zero-order valence-electron chi connectivity index (χ0n) is 13.1. The first-order chi connectivity index (χ1) is 11.4. The van der Waals surface area contributed by atoms with Crippen LogP contribution in [0.4, 0.5) is 17.6 Å². The fourth-order valence-electron chi connectivity index (χ4n) is 2.25. The van der Waals surface area contributed by atoms with Gasteiger partial charge in [0.2, 0.25) is 13.3 Å². The summed E-state index contributed by atoms with van der Waals surface area (Å²) in [5, 5.41) is 9.22. The Morgan fingerprint density at radius 2 is 1.72 bits per heavy atom. The van der Waals surface area contributed by atoms with Crippen molar-refractivity contribution in [1.82, 2.24) is 14.0 Å². The van der Waals surface area contributed by atoms with Crippen LogP contribution in [0.3, 0.4) is 0 Å². The van der Waals surface area contributed by atoms with E-state index in [0.29, 0.717) is 0 Å². The summed E-state index contributed by atoms with van der Waals surface area (Å²) in [6.07, 6.45) is -9.74. The number of nitriles is 1. The lowest BCUT2D eigenvalue weighted by Gasteiger charge is -2.31. The maximum atomic E-state index is 13.4. The number of rotatable bonds is 2. The van der Waals surface area contributed by atoms with Gasteiger partial charge >= 0.3 is 12.2 Å². The second kappa shape index (κ2) is 5.09. The molecule has 1 aliphatic heterocycles. The average Bonchev–Trinajstić information content (AvgIpc) is 2.83. The Labute approximate surface area is 138 Å². The summed E-state index contributed by atoms with van der Waals surface area (Å²) in [6, 6.07) is 3.62. The van der Waals surface area contributed by atoms with Crippen molar-refractivity contribution in [2.45, 2.75) is 12.2 Å². The van der Waals surface area contributed by atoms with E-state index in [0.717, 1.165) is 16.5 Å². The highest BCUT2D eigenvalue weighted by molar-refractivity contribution is 7.59. The monoisotopic (exact) mass is 378 g/mol. The molecule has 0 saturated carbocycles. The van der Waals surface area contributed by atoms with Crippen molar-refractivity contribution in [1.29, 1.82) is 5.26 Å². The molecule has 0 N–H and O–H groups in total. The number of fused-ring (bicyclic) bond motifs is 2. The summed E-state index contributed by atoms with van der Waals surface area (Å²) < 4.78 is 76.7. The first-order valence-corrected chi connectivity index (χ1v) is 8.83. The topological polar surface area (TPSA) is 80.4 Å². The van der Waals surface area contributed by atoms with Gasteiger partial charge < -0.3 is 9.47 Å². The molecule has 0 radical (unpaired) electrons. The first-order valence-electron chi connectivity index (χ1n) is 6.77. The summed E-state index contributed by atoms with van der Waals surface area (Å²) >= 11 is 0. The summed E-state index contributed by atoms with van der Waals surface area (Å²) in [7, 11) is -0.328. The van der Waals surface area contributed by atoms with Crippen molar-refractivity contribution in [3.05, 3.63) is 18.0 Å². The third-order valence-electron chi connectivity index (χ3n) is 3.72. The van der Waals surface area contributed by atoms with Crippen molar-refractivity contribution in [3.63, 3.8) is 0 Å². The molecule has 2 aromatic rings. The van der Waals surface area contributed by atoms with Crippen LogP contribution >= 0.6 is 7.44 Å². The Kier molecular flexibility index (Phi) is 3.57. The Balaban J connectivity index is 2.30. The van der Waals surface area contributed by atoms with E-state index in [-0.39, 0.29) is 16.9 Å². The SMILES string of the molecule is CN(C)P(C)(=O)n1c(C#N)nc2cc3c(cc21)OC(F)(F)C(F)(F)O3. The molecule has 1 aliphatic rings. The quantitative estimate of drug-likeness (QED) is 0.590. The molecule has 2 heterocycles. The fraction of sp³-hybridized carbons (Fsp3) is 0.385. The molecule has 0 amide bonds. The highest BCUT2D eigenvalue weighted by atomic mass is 31.2. The molecule has 1 atom stereocenters. The number of hydrogen-bond acceptors (Lipinski definition) is 5. The van der Waals surface area contributed by atoms with E-state index >= 15 is 0 Å². The van der Waals surface area contributed by atoms with Crippen LogP contribution in [0.5, 0.6) is 11.5 Å². The normalized spacial score (nSPS) is 20.3. The minimum Gasteiger partial charge on any atom is -0.421 e. The molecule has 12 heteroatoms. The molecule has 0 spiro atoms. The van der Waals surface area contributed by atoms with Crippen LogP contribution in [-0.4, -0.2) is 47.0 Å². The number of imidazole rings is 1. The van der Waals surface area contributed by atoms with E-state index in [4.69, 9.17) is 0 Å². The van der Waals surface area contributed by atoms with Crippen LogP contribution in [0.25, 0.3) is 11.0 Å². The summed E-state index contributed by atoms with van der Waals surface area (Å²) in [6.45, 7) is 1.34. The zero-order chi connectivity index (χ0) is 18.8. The Morgan fingerprint density at radius 1 is 1.20 bits per heavy atom. The van der Waals surface area contributed by atoms with Crippen LogP contribution in [0.1, 0.15) is 5.82 Å². The third-order valence-corrected chi connectivity index (χ3v) is 6.36. The predicted octanol–water partition coefficient (Wildman–Crippen LogP) is 3.10. The van der Waals surface area contributed by atoms with Gasteiger partial charge in [0.15, 0.2) is 11.5 Å². The van der Waals surface area contributed by atoms with Gasteiger partial charge in [0, 0.05) is 18.8 Å². The van der Waals surface area contributed by atoms with E-state index in [2.05, 4.69) is 14.5 Å². The number of nitrogens with zero attached hydrogens (tertiary/aromatic N) is 4. The third kappa shape index (κ3) is 2.44. The molecule has 134 valence electrons. The molecular weight excluding hydrogens is 367 g/mol. The van der Waals surface area contributed by atoms with Crippen LogP contribution in [0.2, 0.25) is 0 Å². The van der Waals surface area contributed by atoms with Gasteiger partial charge in [-0.05, 0) is 14.1 Å². The van der Waals surface area contributed by atoms with Crippen LogP contribution in [0.15, 0.2) is 12.1 Å². The van der Waals surface area contributed by atoms with Gasteiger partial charge in [-0.1, -0.05) is 0 Å². The second-order valence-electron chi connectivity index (χ2n) is 5.57. The molecule has 0 saturated heterocycles. The summed E-state index contributed by atoms with van der Waals surface area (Å²) in [4.78, 5) is 3.91. The van der Waals surface area contributed by atoms with Crippen molar-refractivity contribution < 1.29 is 31.6 Å². The lowest BCUT2D eigenvalue weighted by Crippen LogP contribution is -2.52. The number of hydrogen-bond donors (Lipinski definition) is 0. The lowest BCUT2D eigenvalue weighted by molar-refractivity contribution is -0.391. The van der Waals surface area contributed by atoms with E-state index in [1.807, 2.05) is 0 Å². The fourth-order valence-corrected chi connectivity index (χ4v) is 3.61. The second-order valence-corrected chi connectivity index (χ2v) is 8.44. The van der Waals surface area contributed by atoms with Gasteiger partial charge in [-0.2, -0.15) is 22.8 Å². The molecule has 0 aliphatic carbocycles. The van der Waals surface area contributed by atoms with Crippen LogP contribution < -0.4 is 9.47 Å². The molecule has 1 aromatic carbocycles. The lowest BCUT2D eigenvalue weighted by atomic mass is 10.2. The minimum absolute atomic E-state index is 0.0134. The number of alkyl halides is 4. The average molecular weight is 378 g/mol. The number of benzene rings is 1. The van der Waals surface area contributed by atoms with Gasteiger partial charge in [-0.15, -0.1) is 0 Å². The van der Waals surface area contributed by atoms with Gasteiger partial charge in [0.1, 0.15) is 6.07 Å². The van der Waals surface area contributed by atoms with Crippen molar-refractivity contribution in [2.75, 3.05) is 20.8 Å². The minimum atomic E-state index is -4.88. The van der Waals surface area contributed by atoms with Gasteiger partial charge in [0.05, 0.1) is 11.0 Å². The van der Waals surface area contributed by atoms with Crippen LogP contribution in [0, 0.1) is 11.3 Å². The molecule has 1 unspecified atom stereocenters. The smallest absolute Gasteiger partial charge is 0.421 e. The van der Waals surface area contributed by atoms with E-state index in [9.17, 15) is 27.4 Å². The van der Waals surface area contributed by atoms with Gasteiger partial charge in [0.25, 0.3) is 0 Å². The van der Waals surface area contributed by atoms with E-state index in [1.54, 1.807) is 6.07 Å². The van der Waals surface area contributed by atoms with Crippen molar-refractivity contribution in [3.8, 4) is 17.6 Å². The van der Waals surface area contributed by atoms with E-state index in [1.165, 1.54) is 25.4 Å². The highest BCUT2D eigenvalue weighted by Crippen LogP contribution is 2.52. The summed E-state index contributed by atoms with van der Waals surface area (Å²) in [5.74, 6) is -1.60. The molecule has 1 aromatic heterocycles. The molecule has 25 heavy (non-hydrogen) atoms. The maximum Gasteiger partial charge on any atom is 0.507 e. The van der Waals surface area contributed by atoms with E-state index < -0.39 is 31.2 Å². The standard InChI is InChI=1S/C13H11F4N4O3P/c1-20(2)25(3,22)21-8-5-10-9(4-7(8)19-11(21)6-18)23-12(14,15)13(16,17)24-10/h4-5H,1-3H3. The molecule has 0 fully saturated rings. The van der Waals surface area contributed by atoms with Gasteiger partial charge in [-0.25, -0.2) is 9.65 Å². The number of halogens is 4. The Hall–Kier alpha value is -2.31. The zero-order valence-corrected chi connectivity index (χ0v) is 14.0. The van der Waals surface area contributed by atoms with Gasteiger partial charge in [-0.3, -0.25) is 8.90 Å². The number of aromatic nitrogens is 2. The molecular formula is C13H11F4N4O3P. The molecule has 3 rings (SSSR count). The van der Waals surface area contributed by atoms with Crippen molar-refractivity contribution in [2.24, 2.45) is 0 Å². The molecule has 7 nitrogen and oxygen atoms in total. The largest absolute Gasteiger partial charge is 0.507 e. The Bertz CT molecular complexity index is 966.